The van der Waals surface area contributed by atoms with E-state index in [9.17, 15) is 9.59 Å². The van der Waals surface area contributed by atoms with Crippen LogP contribution in [-0.2, 0) is 9.59 Å². The van der Waals surface area contributed by atoms with Crippen molar-refractivity contribution in [1.82, 2.24) is 9.88 Å². The van der Waals surface area contributed by atoms with E-state index in [1.54, 1.807) is 18.3 Å². The molecule has 2 amide bonds. The Balaban J connectivity index is 1.26. The lowest BCUT2D eigenvalue weighted by molar-refractivity contribution is -0.129. The fourth-order valence-corrected chi connectivity index (χ4v) is 5.06. The van der Waals surface area contributed by atoms with Crippen LogP contribution in [-0.4, -0.2) is 53.6 Å². The lowest BCUT2D eigenvalue weighted by Crippen LogP contribution is -2.48. The van der Waals surface area contributed by atoms with Crippen molar-refractivity contribution in [2.45, 2.75) is 11.3 Å². The molecule has 2 aromatic carbocycles. The van der Waals surface area contributed by atoms with E-state index >= 15 is 0 Å². The Labute approximate surface area is 190 Å². The average molecular weight is 453 g/mol. The zero-order chi connectivity index (χ0) is 21.6. The molecular weight excluding hydrogens is 428 g/mol. The summed E-state index contributed by atoms with van der Waals surface area (Å²) in [7, 11) is 0. The summed E-state index contributed by atoms with van der Waals surface area (Å²) in [4.78, 5) is 32.5. The first-order chi connectivity index (χ1) is 15.1. The van der Waals surface area contributed by atoms with Crippen LogP contribution in [0.25, 0.3) is 11.3 Å². The fourth-order valence-electron chi connectivity index (χ4n) is 3.42. The molecule has 0 atom stereocenters. The van der Waals surface area contributed by atoms with Gasteiger partial charge in [0.25, 0.3) is 0 Å². The molecule has 1 aliphatic heterocycles. The summed E-state index contributed by atoms with van der Waals surface area (Å²) in [5.41, 5.74) is 3.90. The normalized spacial score (nSPS) is 13.8. The number of nitrogens with one attached hydrogen (secondary N) is 1. The van der Waals surface area contributed by atoms with Crippen molar-refractivity contribution in [2.24, 2.45) is 0 Å². The van der Waals surface area contributed by atoms with Crippen LogP contribution in [0.4, 0.5) is 11.4 Å². The maximum Gasteiger partial charge on any atom is 0.234 e. The van der Waals surface area contributed by atoms with E-state index < -0.39 is 0 Å². The van der Waals surface area contributed by atoms with Crippen LogP contribution < -0.4 is 10.2 Å². The van der Waals surface area contributed by atoms with Gasteiger partial charge in [0.05, 0.1) is 11.4 Å². The molecule has 1 aromatic heterocycles. The predicted octanol–water partition coefficient (Wildman–Crippen LogP) is 4.21. The lowest BCUT2D eigenvalue weighted by Gasteiger charge is -2.35. The highest BCUT2D eigenvalue weighted by atomic mass is 32.2. The van der Waals surface area contributed by atoms with E-state index in [0.717, 1.165) is 53.2 Å². The second-order valence-corrected chi connectivity index (χ2v) is 9.32. The number of thioether (sulfide) groups is 1. The van der Waals surface area contributed by atoms with Crippen molar-refractivity contribution >= 4 is 46.3 Å². The number of carbonyl (C=O) groups excluding carboxylic acids is 2. The number of aromatic nitrogens is 1. The van der Waals surface area contributed by atoms with Gasteiger partial charge in [-0.15, -0.1) is 11.3 Å². The highest BCUT2D eigenvalue weighted by Crippen LogP contribution is 2.28. The molecule has 0 radical (unpaired) electrons. The van der Waals surface area contributed by atoms with Crippen molar-refractivity contribution in [2.75, 3.05) is 42.1 Å². The van der Waals surface area contributed by atoms with Crippen molar-refractivity contribution in [1.29, 1.82) is 0 Å². The Morgan fingerprint density at radius 1 is 1.03 bits per heavy atom. The quantitative estimate of drug-likeness (QED) is 0.568. The third-order valence-corrected chi connectivity index (χ3v) is 7.14. The Morgan fingerprint density at radius 2 is 1.74 bits per heavy atom. The third kappa shape index (κ3) is 5.65. The monoisotopic (exact) mass is 452 g/mol. The molecule has 1 fully saturated rings. The van der Waals surface area contributed by atoms with Crippen molar-refractivity contribution in [3.8, 4) is 11.3 Å². The van der Waals surface area contributed by atoms with E-state index in [1.807, 2.05) is 64.9 Å². The van der Waals surface area contributed by atoms with Gasteiger partial charge in [0.1, 0.15) is 0 Å². The molecule has 4 rings (SSSR count). The summed E-state index contributed by atoms with van der Waals surface area (Å²) >= 11 is 3.00. The van der Waals surface area contributed by atoms with Gasteiger partial charge >= 0.3 is 0 Å². The molecule has 2 heterocycles. The second kappa shape index (κ2) is 9.98. The fraction of sp³-hybridized carbons (Fsp3) is 0.261. The third-order valence-electron chi connectivity index (χ3n) is 5.12. The molecule has 1 N–H and O–H groups in total. The summed E-state index contributed by atoms with van der Waals surface area (Å²) in [5, 5.41) is 4.97. The summed E-state index contributed by atoms with van der Waals surface area (Å²) in [6.45, 7) is 4.74. The average Bonchev–Trinajstić information content (AvgIpc) is 3.28. The minimum absolute atomic E-state index is 0.0516. The number of benzene rings is 2. The first kappa shape index (κ1) is 21.4. The van der Waals surface area contributed by atoms with Gasteiger partial charge in [0, 0.05) is 55.4 Å². The molecule has 0 unspecified atom stereocenters. The predicted molar refractivity (Wildman–Crippen MR) is 128 cm³/mol. The minimum atomic E-state index is -0.0516. The summed E-state index contributed by atoms with van der Waals surface area (Å²) in [5.74, 6) is 0.394. The molecule has 160 valence electrons. The second-order valence-electron chi connectivity index (χ2n) is 7.24. The highest BCUT2D eigenvalue weighted by Gasteiger charge is 2.18. The molecule has 0 spiro atoms. The van der Waals surface area contributed by atoms with Crippen LogP contribution in [0.2, 0.25) is 0 Å². The van der Waals surface area contributed by atoms with Crippen LogP contribution >= 0.6 is 23.1 Å². The number of thiazole rings is 1. The Bertz CT molecular complexity index is 1030. The standard InChI is InChI=1S/C23H24N4O2S2/c1-17(28)26-11-13-27(14-12-26)20-9-7-19(8-10-20)24-22(29)16-31-23-25-21(15-30-23)18-5-3-2-4-6-18/h2-10,15H,11-14,16H2,1H3,(H,24,29). The number of nitrogens with zero attached hydrogens (tertiary/aromatic N) is 3. The van der Waals surface area contributed by atoms with Gasteiger partial charge in [-0.1, -0.05) is 42.1 Å². The largest absolute Gasteiger partial charge is 0.368 e. The molecule has 1 aliphatic rings. The number of carbonyl (C=O) groups is 2. The number of hydrogen-bond donors (Lipinski definition) is 1. The minimum Gasteiger partial charge on any atom is -0.368 e. The van der Waals surface area contributed by atoms with Gasteiger partial charge in [0.15, 0.2) is 4.34 Å². The molecule has 0 aliphatic carbocycles. The van der Waals surface area contributed by atoms with Crippen LogP contribution in [0.5, 0.6) is 0 Å². The summed E-state index contributed by atoms with van der Waals surface area (Å²) < 4.78 is 0.883. The van der Waals surface area contributed by atoms with Crippen molar-refractivity contribution < 1.29 is 9.59 Å². The van der Waals surface area contributed by atoms with E-state index in [1.165, 1.54) is 11.8 Å². The first-order valence-electron chi connectivity index (χ1n) is 10.1. The number of hydrogen-bond acceptors (Lipinski definition) is 6. The number of piperazine rings is 1. The van der Waals surface area contributed by atoms with E-state index in [2.05, 4.69) is 15.2 Å². The number of anilines is 2. The zero-order valence-corrected chi connectivity index (χ0v) is 18.9. The molecule has 0 bridgehead atoms. The molecule has 1 saturated heterocycles. The van der Waals surface area contributed by atoms with E-state index in [0.29, 0.717) is 5.75 Å². The summed E-state index contributed by atoms with van der Waals surface area (Å²) in [6.07, 6.45) is 0. The van der Waals surface area contributed by atoms with E-state index in [4.69, 9.17) is 0 Å². The van der Waals surface area contributed by atoms with Crippen LogP contribution in [0.3, 0.4) is 0 Å². The van der Waals surface area contributed by atoms with Gasteiger partial charge in [-0.05, 0) is 24.3 Å². The smallest absolute Gasteiger partial charge is 0.234 e. The molecule has 8 heteroatoms. The van der Waals surface area contributed by atoms with Gasteiger partial charge in [-0.3, -0.25) is 9.59 Å². The molecule has 0 saturated carbocycles. The highest BCUT2D eigenvalue weighted by molar-refractivity contribution is 8.01. The molecule has 3 aromatic rings. The lowest BCUT2D eigenvalue weighted by atomic mass is 10.2. The number of amides is 2. The van der Waals surface area contributed by atoms with Gasteiger partial charge < -0.3 is 15.1 Å². The molecular formula is C23H24N4O2S2. The SMILES string of the molecule is CC(=O)N1CCN(c2ccc(NC(=O)CSc3nc(-c4ccccc4)cs3)cc2)CC1. The van der Waals surface area contributed by atoms with Crippen LogP contribution in [0.1, 0.15) is 6.92 Å². The Kier molecular flexibility index (Phi) is 6.89. The number of rotatable bonds is 6. The van der Waals surface area contributed by atoms with Crippen LogP contribution in [0, 0.1) is 0 Å². The van der Waals surface area contributed by atoms with Crippen molar-refractivity contribution in [3.05, 3.63) is 60.0 Å². The molecule has 31 heavy (non-hydrogen) atoms. The first-order valence-corrected chi connectivity index (χ1v) is 12.0. The van der Waals surface area contributed by atoms with Gasteiger partial charge in [-0.2, -0.15) is 0 Å². The molecule has 6 nitrogen and oxygen atoms in total. The Morgan fingerprint density at radius 3 is 2.42 bits per heavy atom. The Hall–Kier alpha value is -2.84. The van der Waals surface area contributed by atoms with Crippen molar-refractivity contribution in [3.63, 3.8) is 0 Å². The van der Waals surface area contributed by atoms with E-state index in [-0.39, 0.29) is 11.8 Å². The van der Waals surface area contributed by atoms with Gasteiger partial charge in [-0.25, -0.2) is 4.98 Å². The zero-order valence-electron chi connectivity index (χ0n) is 17.3. The van der Waals surface area contributed by atoms with Crippen LogP contribution in [0.15, 0.2) is 64.3 Å². The van der Waals surface area contributed by atoms with Gasteiger partial charge in [0.2, 0.25) is 11.8 Å². The topological polar surface area (TPSA) is 65.5 Å². The maximum atomic E-state index is 12.3. The maximum absolute atomic E-state index is 12.3. The summed E-state index contributed by atoms with van der Waals surface area (Å²) in [6, 6.07) is 17.9.